The van der Waals surface area contributed by atoms with Gasteiger partial charge in [-0.05, 0) is 30.7 Å². The number of rotatable bonds is 4. The summed E-state index contributed by atoms with van der Waals surface area (Å²) in [6.45, 7) is 3.05. The number of nitrogens with two attached hydrogens (primary N) is 1. The number of para-hydroxylation sites is 1. The minimum Gasteiger partial charge on any atom is -0.366 e. The van der Waals surface area contributed by atoms with Crippen LogP contribution in [0.4, 0.5) is 0 Å². The number of primary amides is 1. The molecule has 0 bridgehead atoms. The zero-order valence-corrected chi connectivity index (χ0v) is 15.0. The third-order valence-corrected chi connectivity index (χ3v) is 4.89. The molecule has 0 aliphatic carbocycles. The molecular formula is C21H19N5O. The molecule has 1 aliphatic heterocycles. The van der Waals surface area contributed by atoms with Gasteiger partial charge in [0.1, 0.15) is 0 Å². The normalized spacial score (nSPS) is 12.7. The number of amides is 1. The highest BCUT2D eigenvalue weighted by Crippen LogP contribution is 2.30. The van der Waals surface area contributed by atoms with Crippen molar-refractivity contribution in [2.24, 2.45) is 5.73 Å². The smallest absolute Gasteiger partial charge is 0.248 e. The van der Waals surface area contributed by atoms with Crippen LogP contribution in [0.25, 0.3) is 5.69 Å². The predicted octanol–water partition coefficient (Wildman–Crippen LogP) is 2.67. The molecule has 6 heteroatoms. The first kappa shape index (κ1) is 16.9. The van der Waals surface area contributed by atoms with Crippen LogP contribution in [0, 0.1) is 18.4 Å². The highest BCUT2D eigenvalue weighted by atomic mass is 16.1. The van der Waals surface area contributed by atoms with Gasteiger partial charge in [-0.25, -0.2) is 4.68 Å². The minimum absolute atomic E-state index is 0.442. The Morgan fingerprint density at radius 2 is 2.00 bits per heavy atom. The summed E-state index contributed by atoms with van der Waals surface area (Å²) in [5, 5.41) is 14.2. The number of benzene rings is 2. The fourth-order valence-electron chi connectivity index (χ4n) is 3.59. The van der Waals surface area contributed by atoms with Crippen LogP contribution in [0.2, 0.25) is 0 Å². The first-order chi connectivity index (χ1) is 13.1. The summed E-state index contributed by atoms with van der Waals surface area (Å²) in [7, 11) is 0. The lowest BCUT2D eigenvalue weighted by atomic mass is 9.98. The van der Waals surface area contributed by atoms with E-state index in [4.69, 9.17) is 10.8 Å². The molecule has 134 valence electrons. The van der Waals surface area contributed by atoms with Gasteiger partial charge in [0.15, 0.2) is 6.19 Å². The molecule has 2 heterocycles. The number of aryl methyl sites for hydroxylation is 1. The largest absolute Gasteiger partial charge is 0.366 e. The predicted molar refractivity (Wildman–Crippen MR) is 101 cm³/mol. The van der Waals surface area contributed by atoms with Gasteiger partial charge in [0.2, 0.25) is 5.91 Å². The SMILES string of the molecule is Cc1ccc(C(N)=O)c(Cc2nn(-c3ccccc3)c3c2CN(C#N)C3)c1. The number of nitriles is 1. The van der Waals surface area contributed by atoms with Crippen LogP contribution in [0.15, 0.2) is 48.5 Å². The van der Waals surface area contributed by atoms with E-state index < -0.39 is 5.91 Å². The van der Waals surface area contributed by atoms with Crippen molar-refractivity contribution in [1.82, 2.24) is 14.7 Å². The standard InChI is InChI=1S/C21H19N5O/c1-14-7-8-17(21(23)27)15(9-14)10-19-18-11-25(13-22)12-20(18)26(24-19)16-5-3-2-4-6-16/h2-9H,10-12H2,1H3,(H2,23,27). The molecule has 1 aliphatic rings. The van der Waals surface area contributed by atoms with E-state index in [9.17, 15) is 10.1 Å². The van der Waals surface area contributed by atoms with E-state index in [0.717, 1.165) is 33.8 Å². The van der Waals surface area contributed by atoms with E-state index in [1.807, 2.05) is 54.1 Å². The van der Waals surface area contributed by atoms with Gasteiger partial charge in [-0.15, -0.1) is 0 Å². The number of fused-ring (bicyclic) bond motifs is 1. The van der Waals surface area contributed by atoms with Crippen LogP contribution < -0.4 is 5.73 Å². The Kier molecular flexibility index (Phi) is 4.13. The molecule has 0 atom stereocenters. The van der Waals surface area contributed by atoms with Crippen LogP contribution in [-0.2, 0) is 19.5 Å². The number of hydrogen-bond acceptors (Lipinski definition) is 4. The number of carbonyl (C=O) groups excluding carboxylic acids is 1. The van der Waals surface area contributed by atoms with Crippen molar-refractivity contribution in [1.29, 1.82) is 5.26 Å². The van der Waals surface area contributed by atoms with Crippen LogP contribution >= 0.6 is 0 Å². The van der Waals surface area contributed by atoms with Crippen LogP contribution in [-0.4, -0.2) is 20.6 Å². The monoisotopic (exact) mass is 357 g/mol. The van der Waals surface area contributed by atoms with Gasteiger partial charge in [-0.3, -0.25) is 4.79 Å². The average Bonchev–Trinajstić information content (AvgIpc) is 3.22. The van der Waals surface area contributed by atoms with E-state index in [0.29, 0.717) is 25.1 Å². The van der Waals surface area contributed by atoms with Gasteiger partial charge in [-0.2, -0.15) is 10.4 Å². The zero-order chi connectivity index (χ0) is 19.0. The second kappa shape index (κ2) is 6.61. The molecule has 0 radical (unpaired) electrons. The molecule has 0 spiro atoms. The molecule has 0 fully saturated rings. The molecule has 1 aromatic heterocycles. The lowest BCUT2D eigenvalue weighted by molar-refractivity contribution is 0.0999. The Hall–Kier alpha value is -3.59. The first-order valence-electron chi connectivity index (χ1n) is 8.76. The second-order valence-electron chi connectivity index (χ2n) is 6.78. The van der Waals surface area contributed by atoms with E-state index >= 15 is 0 Å². The summed E-state index contributed by atoms with van der Waals surface area (Å²) in [5.41, 5.74) is 11.9. The molecule has 1 amide bonds. The summed E-state index contributed by atoms with van der Waals surface area (Å²) < 4.78 is 1.90. The number of carbonyl (C=O) groups is 1. The van der Waals surface area contributed by atoms with Crippen LogP contribution in [0.3, 0.4) is 0 Å². The van der Waals surface area contributed by atoms with Crippen molar-refractivity contribution < 1.29 is 4.79 Å². The maximum atomic E-state index is 11.8. The molecular weight excluding hydrogens is 338 g/mol. The van der Waals surface area contributed by atoms with E-state index in [-0.39, 0.29) is 0 Å². The zero-order valence-electron chi connectivity index (χ0n) is 15.0. The molecule has 3 aromatic rings. The molecule has 0 saturated carbocycles. The molecule has 27 heavy (non-hydrogen) atoms. The Morgan fingerprint density at radius 3 is 2.70 bits per heavy atom. The molecule has 6 nitrogen and oxygen atoms in total. The molecule has 2 aromatic carbocycles. The molecule has 0 unspecified atom stereocenters. The minimum atomic E-state index is -0.442. The van der Waals surface area contributed by atoms with E-state index in [1.165, 1.54) is 0 Å². The van der Waals surface area contributed by atoms with Gasteiger partial charge < -0.3 is 10.6 Å². The third kappa shape index (κ3) is 3.04. The summed E-state index contributed by atoms with van der Waals surface area (Å²) in [4.78, 5) is 13.5. The number of hydrogen-bond donors (Lipinski definition) is 1. The van der Waals surface area contributed by atoms with Crippen LogP contribution in [0.1, 0.15) is 38.4 Å². The Bertz CT molecular complexity index is 1060. The van der Waals surface area contributed by atoms with Crippen molar-refractivity contribution in [2.75, 3.05) is 0 Å². The Labute approximate surface area is 157 Å². The molecule has 4 rings (SSSR count). The summed E-state index contributed by atoms with van der Waals surface area (Å²) in [6.07, 6.45) is 2.72. The fourth-order valence-corrected chi connectivity index (χ4v) is 3.59. The number of nitrogens with zero attached hydrogens (tertiary/aromatic N) is 4. The highest BCUT2D eigenvalue weighted by molar-refractivity contribution is 5.94. The van der Waals surface area contributed by atoms with E-state index in [1.54, 1.807) is 11.0 Å². The lowest BCUT2D eigenvalue weighted by Gasteiger charge is -2.10. The van der Waals surface area contributed by atoms with Crippen LogP contribution in [0.5, 0.6) is 0 Å². The molecule has 0 saturated heterocycles. The van der Waals surface area contributed by atoms with Gasteiger partial charge in [0, 0.05) is 17.5 Å². The average molecular weight is 357 g/mol. The maximum Gasteiger partial charge on any atom is 0.248 e. The summed E-state index contributed by atoms with van der Waals surface area (Å²) in [6, 6.07) is 15.5. The van der Waals surface area contributed by atoms with E-state index in [2.05, 4.69) is 6.19 Å². The topological polar surface area (TPSA) is 87.9 Å². The van der Waals surface area contributed by atoms with Crippen molar-refractivity contribution in [2.45, 2.75) is 26.4 Å². The van der Waals surface area contributed by atoms with Gasteiger partial charge >= 0.3 is 0 Å². The summed E-state index contributed by atoms with van der Waals surface area (Å²) >= 11 is 0. The first-order valence-corrected chi connectivity index (χ1v) is 8.76. The van der Waals surface area contributed by atoms with Crippen molar-refractivity contribution in [3.63, 3.8) is 0 Å². The highest BCUT2D eigenvalue weighted by Gasteiger charge is 2.28. The summed E-state index contributed by atoms with van der Waals surface area (Å²) in [5.74, 6) is -0.442. The third-order valence-electron chi connectivity index (χ3n) is 4.89. The Balaban J connectivity index is 1.81. The van der Waals surface area contributed by atoms with Crippen molar-refractivity contribution >= 4 is 5.91 Å². The van der Waals surface area contributed by atoms with Gasteiger partial charge in [-0.1, -0.05) is 35.9 Å². The second-order valence-corrected chi connectivity index (χ2v) is 6.78. The lowest BCUT2D eigenvalue weighted by Crippen LogP contribution is -2.15. The fraction of sp³-hybridized carbons (Fsp3) is 0.190. The maximum absolute atomic E-state index is 11.8. The van der Waals surface area contributed by atoms with Crippen molar-refractivity contribution in [3.8, 4) is 11.9 Å². The quantitative estimate of drug-likeness (QED) is 0.727. The molecule has 2 N–H and O–H groups in total. The van der Waals surface area contributed by atoms with Gasteiger partial charge in [0.25, 0.3) is 0 Å². The number of aromatic nitrogens is 2. The van der Waals surface area contributed by atoms with Crippen molar-refractivity contribution in [3.05, 3.63) is 82.2 Å². The van der Waals surface area contributed by atoms with Gasteiger partial charge in [0.05, 0.1) is 30.2 Å². The Morgan fingerprint density at radius 1 is 1.22 bits per heavy atom.